The number of aryl methyl sites for hydroxylation is 1. The van der Waals surface area contributed by atoms with Crippen molar-refractivity contribution in [3.8, 4) is 11.5 Å². The molecule has 27 heavy (non-hydrogen) atoms. The van der Waals surface area contributed by atoms with Crippen LogP contribution in [0.3, 0.4) is 0 Å². The van der Waals surface area contributed by atoms with Crippen molar-refractivity contribution in [2.24, 2.45) is 0 Å². The van der Waals surface area contributed by atoms with Gasteiger partial charge >= 0.3 is 0 Å². The highest BCUT2D eigenvalue weighted by atomic mass is 16.5. The van der Waals surface area contributed by atoms with Crippen molar-refractivity contribution < 1.29 is 14.3 Å². The van der Waals surface area contributed by atoms with Crippen LogP contribution in [0.15, 0.2) is 42.5 Å². The fraction of sp³-hybridized carbons (Fsp3) is 0.409. The van der Waals surface area contributed by atoms with Gasteiger partial charge in [0.2, 0.25) is 5.91 Å². The molecule has 5 nitrogen and oxygen atoms in total. The summed E-state index contributed by atoms with van der Waals surface area (Å²) in [5, 5.41) is 3.01. The molecular formula is C22H26N2O3. The molecule has 0 aromatic heterocycles. The quantitative estimate of drug-likeness (QED) is 0.846. The Morgan fingerprint density at radius 3 is 2.70 bits per heavy atom. The topological polar surface area (TPSA) is 50.8 Å². The van der Waals surface area contributed by atoms with Gasteiger partial charge in [-0.15, -0.1) is 0 Å². The summed E-state index contributed by atoms with van der Waals surface area (Å²) in [5.74, 6) is 1.44. The molecule has 1 amide bonds. The van der Waals surface area contributed by atoms with Gasteiger partial charge in [-0.2, -0.15) is 0 Å². The average Bonchev–Trinajstić information content (AvgIpc) is 3.48. The number of ether oxygens (including phenoxy) is 2. The Balaban J connectivity index is 1.39. The lowest BCUT2D eigenvalue weighted by Crippen LogP contribution is -2.34. The SMILES string of the molecule is Cc1cccc(CN(CC(=O)Nc2ccc3c(c2)OCCCO3)C2CC2)c1. The number of carbonyl (C=O) groups excluding carboxylic acids is 1. The second-order valence-electron chi connectivity index (χ2n) is 7.39. The van der Waals surface area contributed by atoms with E-state index in [4.69, 9.17) is 9.47 Å². The van der Waals surface area contributed by atoms with Crippen molar-refractivity contribution in [1.29, 1.82) is 0 Å². The molecule has 0 unspecified atom stereocenters. The number of hydrogen-bond donors (Lipinski definition) is 1. The van der Waals surface area contributed by atoms with Crippen molar-refractivity contribution in [2.45, 2.75) is 38.8 Å². The van der Waals surface area contributed by atoms with Crippen LogP contribution in [0.25, 0.3) is 0 Å². The summed E-state index contributed by atoms with van der Waals surface area (Å²) in [7, 11) is 0. The number of rotatable bonds is 6. The Labute approximate surface area is 160 Å². The number of nitrogens with zero attached hydrogens (tertiary/aromatic N) is 1. The van der Waals surface area contributed by atoms with E-state index in [-0.39, 0.29) is 5.91 Å². The lowest BCUT2D eigenvalue weighted by Gasteiger charge is -2.22. The van der Waals surface area contributed by atoms with E-state index in [0.717, 1.165) is 24.4 Å². The number of nitrogens with one attached hydrogen (secondary N) is 1. The second kappa shape index (κ2) is 8.01. The van der Waals surface area contributed by atoms with Gasteiger partial charge in [0.25, 0.3) is 0 Å². The third-order valence-electron chi connectivity index (χ3n) is 4.91. The number of amides is 1. The predicted molar refractivity (Wildman–Crippen MR) is 105 cm³/mol. The molecule has 0 bridgehead atoms. The first kappa shape index (κ1) is 17.9. The molecule has 1 heterocycles. The lowest BCUT2D eigenvalue weighted by molar-refractivity contribution is -0.117. The maximum Gasteiger partial charge on any atom is 0.238 e. The molecule has 0 saturated heterocycles. The molecule has 1 N–H and O–H groups in total. The van der Waals surface area contributed by atoms with Crippen LogP contribution < -0.4 is 14.8 Å². The van der Waals surface area contributed by atoms with Gasteiger partial charge in [0.15, 0.2) is 11.5 Å². The van der Waals surface area contributed by atoms with Crippen molar-refractivity contribution in [3.05, 3.63) is 53.6 Å². The third-order valence-corrected chi connectivity index (χ3v) is 4.91. The first-order chi connectivity index (χ1) is 13.2. The van der Waals surface area contributed by atoms with E-state index < -0.39 is 0 Å². The van der Waals surface area contributed by atoms with Crippen molar-refractivity contribution in [3.63, 3.8) is 0 Å². The molecular weight excluding hydrogens is 340 g/mol. The van der Waals surface area contributed by atoms with Crippen LogP contribution in [0.2, 0.25) is 0 Å². The molecule has 1 saturated carbocycles. The molecule has 2 aromatic rings. The fourth-order valence-corrected chi connectivity index (χ4v) is 3.42. The number of benzene rings is 2. The number of hydrogen-bond acceptors (Lipinski definition) is 4. The van der Waals surface area contributed by atoms with E-state index in [1.807, 2.05) is 18.2 Å². The van der Waals surface area contributed by atoms with Gasteiger partial charge < -0.3 is 14.8 Å². The van der Waals surface area contributed by atoms with E-state index in [0.29, 0.717) is 31.5 Å². The maximum absolute atomic E-state index is 12.6. The maximum atomic E-state index is 12.6. The number of anilines is 1. The van der Waals surface area contributed by atoms with E-state index in [2.05, 4.69) is 41.4 Å². The lowest BCUT2D eigenvalue weighted by atomic mass is 10.1. The Bertz CT molecular complexity index is 817. The highest BCUT2D eigenvalue weighted by Gasteiger charge is 2.30. The van der Waals surface area contributed by atoms with Gasteiger partial charge in [0, 0.05) is 30.8 Å². The highest BCUT2D eigenvalue weighted by Crippen LogP contribution is 2.32. The Hall–Kier alpha value is -2.53. The Kier molecular flexibility index (Phi) is 5.30. The molecule has 0 atom stereocenters. The molecule has 1 fully saturated rings. The monoisotopic (exact) mass is 366 g/mol. The minimum atomic E-state index is 0.00374. The Morgan fingerprint density at radius 1 is 1.11 bits per heavy atom. The molecule has 4 rings (SSSR count). The van der Waals surface area contributed by atoms with Crippen LogP contribution in [0.1, 0.15) is 30.4 Å². The van der Waals surface area contributed by atoms with Crippen LogP contribution in [0.4, 0.5) is 5.69 Å². The van der Waals surface area contributed by atoms with Crippen LogP contribution in [0, 0.1) is 6.92 Å². The summed E-state index contributed by atoms with van der Waals surface area (Å²) in [6, 6.07) is 14.6. The molecule has 2 aromatic carbocycles. The summed E-state index contributed by atoms with van der Waals surface area (Å²) < 4.78 is 11.3. The summed E-state index contributed by atoms with van der Waals surface area (Å²) >= 11 is 0. The molecule has 142 valence electrons. The van der Waals surface area contributed by atoms with Gasteiger partial charge in [-0.3, -0.25) is 9.69 Å². The van der Waals surface area contributed by atoms with Crippen LogP contribution in [0.5, 0.6) is 11.5 Å². The fourth-order valence-electron chi connectivity index (χ4n) is 3.42. The minimum absolute atomic E-state index is 0.00374. The van der Waals surface area contributed by atoms with Crippen LogP contribution in [-0.4, -0.2) is 36.6 Å². The highest BCUT2D eigenvalue weighted by molar-refractivity contribution is 5.92. The van der Waals surface area contributed by atoms with Gasteiger partial charge in [0.05, 0.1) is 19.8 Å². The molecule has 0 spiro atoms. The summed E-state index contributed by atoms with van der Waals surface area (Å²) in [5.41, 5.74) is 3.25. The predicted octanol–water partition coefficient (Wildman–Crippen LogP) is 3.76. The van der Waals surface area contributed by atoms with Crippen molar-refractivity contribution in [2.75, 3.05) is 25.1 Å². The second-order valence-corrected chi connectivity index (χ2v) is 7.39. The van der Waals surface area contributed by atoms with Crippen molar-refractivity contribution >= 4 is 11.6 Å². The minimum Gasteiger partial charge on any atom is -0.490 e. The van der Waals surface area contributed by atoms with E-state index >= 15 is 0 Å². The van der Waals surface area contributed by atoms with Gasteiger partial charge in [0.1, 0.15) is 0 Å². The first-order valence-electron chi connectivity index (χ1n) is 9.66. The third kappa shape index (κ3) is 4.80. The summed E-state index contributed by atoms with van der Waals surface area (Å²) in [4.78, 5) is 14.9. The normalized spacial score (nSPS) is 16.1. The summed E-state index contributed by atoms with van der Waals surface area (Å²) in [6.45, 7) is 4.60. The van der Waals surface area contributed by atoms with Crippen LogP contribution >= 0.6 is 0 Å². The molecule has 1 aliphatic heterocycles. The zero-order valence-electron chi connectivity index (χ0n) is 15.7. The standard InChI is InChI=1S/C22H26N2O3/c1-16-4-2-5-17(12-16)14-24(19-7-8-19)15-22(25)23-18-6-9-20-21(13-18)27-11-3-10-26-20/h2,4-6,9,12-13,19H,3,7-8,10-11,14-15H2,1H3,(H,23,25). The number of fused-ring (bicyclic) bond motifs is 1. The largest absolute Gasteiger partial charge is 0.490 e. The zero-order valence-corrected chi connectivity index (χ0v) is 15.7. The molecule has 2 aliphatic rings. The van der Waals surface area contributed by atoms with E-state index in [1.54, 1.807) is 0 Å². The average molecular weight is 366 g/mol. The van der Waals surface area contributed by atoms with E-state index in [9.17, 15) is 4.79 Å². The first-order valence-corrected chi connectivity index (χ1v) is 9.66. The van der Waals surface area contributed by atoms with Gasteiger partial charge in [-0.1, -0.05) is 29.8 Å². The zero-order chi connectivity index (χ0) is 18.6. The van der Waals surface area contributed by atoms with Gasteiger partial charge in [-0.05, 0) is 37.5 Å². The van der Waals surface area contributed by atoms with Gasteiger partial charge in [-0.25, -0.2) is 0 Å². The summed E-state index contributed by atoms with van der Waals surface area (Å²) in [6.07, 6.45) is 3.21. The number of carbonyl (C=O) groups is 1. The molecule has 5 heteroatoms. The van der Waals surface area contributed by atoms with Crippen LogP contribution in [-0.2, 0) is 11.3 Å². The van der Waals surface area contributed by atoms with Crippen molar-refractivity contribution in [1.82, 2.24) is 4.90 Å². The van der Waals surface area contributed by atoms with E-state index in [1.165, 1.54) is 24.0 Å². The Morgan fingerprint density at radius 2 is 1.93 bits per heavy atom. The molecule has 0 radical (unpaired) electrons. The molecule has 1 aliphatic carbocycles. The smallest absolute Gasteiger partial charge is 0.238 e.